The van der Waals surface area contributed by atoms with Crippen LogP contribution in [0.2, 0.25) is 0 Å². The Hall–Kier alpha value is -1.66. The van der Waals surface area contributed by atoms with Gasteiger partial charge in [-0.1, -0.05) is 37.6 Å². The molecule has 132 valence electrons. The number of esters is 1. The summed E-state index contributed by atoms with van der Waals surface area (Å²) in [5, 5.41) is 0. The van der Waals surface area contributed by atoms with E-state index in [4.69, 9.17) is 0 Å². The van der Waals surface area contributed by atoms with Gasteiger partial charge in [0.1, 0.15) is 0 Å². The molecular weight excluding hydrogens is 326 g/mol. The monoisotopic (exact) mass is 351 g/mol. The molecule has 0 N–H and O–H groups in total. The van der Waals surface area contributed by atoms with Crippen molar-refractivity contribution in [2.24, 2.45) is 5.92 Å². The van der Waals surface area contributed by atoms with Gasteiger partial charge in [-0.05, 0) is 37.8 Å². The minimum absolute atomic E-state index is 0.143. The van der Waals surface area contributed by atoms with Gasteiger partial charge in [0.15, 0.2) is 0 Å². The van der Waals surface area contributed by atoms with E-state index in [2.05, 4.69) is 4.74 Å². The Morgan fingerprint density at radius 3 is 2.21 bits per heavy atom. The lowest BCUT2D eigenvalue weighted by Crippen LogP contribution is -2.19. The fourth-order valence-electron chi connectivity index (χ4n) is 3.38. The second-order valence-corrected chi connectivity index (χ2v) is 8.45. The molecule has 1 heterocycles. The second kappa shape index (κ2) is 6.69. The number of sulfonamides is 1. The van der Waals surface area contributed by atoms with Crippen LogP contribution in [0, 0.1) is 26.7 Å². The molecule has 3 atom stereocenters. The summed E-state index contributed by atoms with van der Waals surface area (Å²) >= 11 is 0. The Balaban J connectivity index is 2.42. The number of ether oxygens (including phenoxy) is 1. The molecule has 0 radical (unpaired) electrons. The van der Waals surface area contributed by atoms with E-state index in [0.717, 1.165) is 16.7 Å². The van der Waals surface area contributed by atoms with Crippen molar-refractivity contribution in [3.63, 3.8) is 0 Å². The van der Waals surface area contributed by atoms with Crippen LogP contribution in [0.15, 0.2) is 29.2 Å². The van der Waals surface area contributed by atoms with Crippen LogP contribution >= 0.6 is 0 Å². The SMILES string of the molecule is COC(=O)/C=C/[C@H]1[C@@H](C(C)C)N1S(=O)(=O)c1c(C)cc(C)cc1C. The molecule has 1 fully saturated rings. The van der Waals surface area contributed by atoms with Gasteiger partial charge in [-0.15, -0.1) is 0 Å². The first-order valence-corrected chi connectivity index (χ1v) is 9.42. The van der Waals surface area contributed by atoms with Crippen LogP contribution in [0.25, 0.3) is 0 Å². The summed E-state index contributed by atoms with van der Waals surface area (Å²) in [5.74, 6) is -0.331. The third-order valence-corrected chi connectivity index (χ3v) is 6.50. The van der Waals surface area contributed by atoms with Gasteiger partial charge < -0.3 is 4.74 Å². The Morgan fingerprint density at radius 1 is 1.21 bits per heavy atom. The first-order valence-electron chi connectivity index (χ1n) is 7.98. The third-order valence-electron chi connectivity index (χ3n) is 4.30. The molecule has 1 aromatic rings. The molecule has 1 saturated heterocycles. The van der Waals surface area contributed by atoms with Crippen LogP contribution in [0.5, 0.6) is 0 Å². The zero-order valence-corrected chi connectivity index (χ0v) is 15.8. The van der Waals surface area contributed by atoms with Crippen molar-refractivity contribution < 1.29 is 17.9 Å². The molecule has 0 amide bonds. The maximum atomic E-state index is 13.2. The van der Waals surface area contributed by atoms with E-state index >= 15 is 0 Å². The Kier molecular flexibility index (Phi) is 5.20. The summed E-state index contributed by atoms with van der Waals surface area (Å²) in [6, 6.07) is 3.31. The molecular formula is C18H25NO4S. The number of hydrogen-bond acceptors (Lipinski definition) is 4. The number of nitrogens with zero attached hydrogens (tertiary/aromatic N) is 1. The van der Waals surface area contributed by atoms with Crippen molar-refractivity contribution in [2.45, 2.75) is 51.6 Å². The fourth-order valence-corrected chi connectivity index (χ4v) is 5.67. The molecule has 24 heavy (non-hydrogen) atoms. The van der Waals surface area contributed by atoms with E-state index < -0.39 is 16.0 Å². The van der Waals surface area contributed by atoms with Crippen molar-refractivity contribution in [1.82, 2.24) is 4.31 Å². The molecule has 0 bridgehead atoms. The lowest BCUT2D eigenvalue weighted by atomic mass is 10.1. The molecule has 1 aliphatic rings. The van der Waals surface area contributed by atoms with Gasteiger partial charge in [0, 0.05) is 12.1 Å². The van der Waals surface area contributed by atoms with Gasteiger partial charge in [-0.25, -0.2) is 13.2 Å². The van der Waals surface area contributed by atoms with E-state index in [1.165, 1.54) is 17.5 Å². The summed E-state index contributed by atoms with van der Waals surface area (Å²) in [6.07, 6.45) is 2.91. The fraction of sp³-hybridized carbons (Fsp3) is 0.500. The number of benzene rings is 1. The smallest absolute Gasteiger partial charge is 0.330 e. The minimum atomic E-state index is -3.61. The normalized spacial score (nSPS) is 23.7. The number of hydrogen-bond donors (Lipinski definition) is 0. The van der Waals surface area contributed by atoms with Crippen molar-refractivity contribution in [3.8, 4) is 0 Å². The average Bonchev–Trinajstić information content (AvgIpc) is 3.18. The third kappa shape index (κ3) is 3.39. The molecule has 0 aliphatic carbocycles. The van der Waals surface area contributed by atoms with Gasteiger partial charge in [-0.2, -0.15) is 4.31 Å². The molecule has 0 spiro atoms. The van der Waals surface area contributed by atoms with Gasteiger partial charge in [0.05, 0.1) is 18.0 Å². The molecule has 1 unspecified atom stereocenters. The van der Waals surface area contributed by atoms with Gasteiger partial charge >= 0.3 is 5.97 Å². The quantitative estimate of drug-likeness (QED) is 0.465. The highest BCUT2D eigenvalue weighted by Gasteiger charge is 2.55. The van der Waals surface area contributed by atoms with Gasteiger partial charge in [-0.3, -0.25) is 0 Å². The van der Waals surface area contributed by atoms with E-state index in [1.54, 1.807) is 6.08 Å². The predicted molar refractivity (Wildman–Crippen MR) is 93.2 cm³/mol. The maximum absolute atomic E-state index is 13.2. The zero-order chi connectivity index (χ0) is 18.2. The van der Waals surface area contributed by atoms with Crippen LogP contribution in [-0.2, 0) is 19.6 Å². The van der Waals surface area contributed by atoms with E-state index in [1.807, 2.05) is 46.8 Å². The van der Waals surface area contributed by atoms with E-state index in [9.17, 15) is 13.2 Å². The number of aryl methyl sites for hydroxylation is 3. The van der Waals surface area contributed by atoms with Crippen LogP contribution in [0.3, 0.4) is 0 Å². The Morgan fingerprint density at radius 2 is 1.75 bits per heavy atom. The second-order valence-electron chi connectivity index (χ2n) is 6.67. The molecule has 2 rings (SSSR count). The topological polar surface area (TPSA) is 63.5 Å². The summed E-state index contributed by atoms with van der Waals surface area (Å²) in [6.45, 7) is 9.55. The summed E-state index contributed by atoms with van der Waals surface area (Å²) in [4.78, 5) is 11.7. The van der Waals surface area contributed by atoms with Crippen molar-refractivity contribution in [3.05, 3.63) is 41.0 Å². The summed E-state index contributed by atoms with van der Waals surface area (Å²) < 4.78 is 32.4. The number of rotatable bonds is 5. The van der Waals surface area contributed by atoms with E-state index in [-0.39, 0.29) is 18.0 Å². The molecule has 5 nitrogen and oxygen atoms in total. The lowest BCUT2D eigenvalue weighted by Gasteiger charge is -2.14. The number of carbonyl (C=O) groups is 1. The van der Waals surface area contributed by atoms with Gasteiger partial charge in [0.25, 0.3) is 0 Å². The molecule has 6 heteroatoms. The zero-order valence-electron chi connectivity index (χ0n) is 15.0. The Bertz CT molecular complexity index is 757. The predicted octanol–water partition coefficient (Wildman–Crippen LogP) is 2.74. The van der Waals surface area contributed by atoms with Crippen LogP contribution in [-0.4, -0.2) is 37.9 Å². The largest absolute Gasteiger partial charge is 0.466 e. The summed E-state index contributed by atoms with van der Waals surface area (Å²) in [5.41, 5.74) is 2.53. The molecule has 1 aromatic carbocycles. The maximum Gasteiger partial charge on any atom is 0.330 e. The summed E-state index contributed by atoms with van der Waals surface area (Å²) in [7, 11) is -2.31. The number of methoxy groups -OCH3 is 1. The van der Waals surface area contributed by atoms with Crippen LogP contribution < -0.4 is 0 Å². The standard InChI is InChI=1S/C18H25NO4S/c1-11(2)17-15(7-8-16(20)23-6)19(17)24(21,22)18-13(4)9-12(3)10-14(18)5/h7-11,15,17H,1-6H3/b8-7+/t15-,17+,19?/m0/s1. The van der Waals surface area contributed by atoms with Crippen LogP contribution in [0.4, 0.5) is 0 Å². The minimum Gasteiger partial charge on any atom is -0.466 e. The highest BCUT2D eigenvalue weighted by Crippen LogP contribution is 2.42. The molecule has 0 saturated carbocycles. The molecule has 1 aliphatic heterocycles. The average molecular weight is 351 g/mol. The lowest BCUT2D eigenvalue weighted by molar-refractivity contribution is -0.134. The first-order chi connectivity index (χ1) is 11.1. The number of carbonyl (C=O) groups excluding carboxylic acids is 1. The Labute approximate surface area is 144 Å². The highest BCUT2D eigenvalue weighted by atomic mass is 32.2. The van der Waals surface area contributed by atoms with Crippen LogP contribution in [0.1, 0.15) is 30.5 Å². The van der Waals surface area contributed by atoms with Crippen molar-refractivity contribution >= 4 is 16.0 Å². The highest BCUT2D eigenvalue weighted by molar-refractivity contribution is 7.89. The van der Waals surface area contributed by atoms with Gasteiger partial charge in [0.2, 0.25) is 10.0 Å². The van der Waals surface area contributed by atoms with Crippen molar-refractivity contribution in [2.75, 3.05) is 7.11 Å². The first kappa shape index (κ1) is 18.7. The molecule has 0 aromatic heterocycles. The van der Waals surface area contributed by atoms with Crippen molar-refractivity contribution in [1.29, 1.82) is 0 Å². The van der Waals surface area contributed by atoms with E-state index in [0.29, 0.717) is 4.90 Å².